The first kappa shape index (κ1) is 20.3. The van der Waals surface area contributed by atoms with Gasteiger partial charge in [0.05, 0.1) is 4.90 Å². The first-order chi connectivity index (χ1) is 14.5. The second kappa shape index (κ2) is 8.39. The van der Waals surface area contributed by atoms with Crippen LogP contribution in [0.3, 0.4) is 0 Å². The minimum absolute atomic E-state index is 0.0712. The number of hydrogen-bond donors (Lipinski definition) is 1. The summed E-state index contributed by atoms with van der Waals surface area (Å²) in [4.78, 5) is 0.145. The maximum Gasteiger partial charge on any atom is 0.240 e. The highest BCUT2D eigenvalue weighted by atomic mass is 35.5. The number of hydrogen-bond acceptors (Lipinski definition) is 6. The van der Waals surface area contributed by atoms with Gasteiger partial charge in [0.15, 0.2) is 11.5 Å². The smallest absolute Gasteiger partial charge is 0.240 e. The molecule has 4 aromatic rings. The number of sulfonamides is 1. The van der Waals surface area contributed by atoms with Crippen LogP contribution in [0, 0.1) is 6.92 Å². The Morgan fingerprint density at radius 2 is 1.83 bits per heavy atom. The molecule has 0 aliphatic heterocycles. The van der Waals surface area contributed by atoms with Gasteiger partial charge in [-0.1, -0.05) is 48.0 Å². The summed E-state index contributed by atoms with van der Waals surface area (Å²) in [6, 6.07) is 17.7. The van der Waals surface area contributed by atoms with Crippen molar-refractivity contribution in [2.75, 3.05) is 13.2 Å². The maximum absolute atomic E-state index is 12.5. The van der Waals surface area contributed by atoms with Gasteiger partial charge in [-0.05, 0) is 30.7 Å². The Hall–Kier alpha value is -3.01. The molecule has 154 valence electrons. The molecule has 0 aliphatic carbocycles. The Bertz CT molecular complexity index is 1290. The van der Waals surface area contributed by atoms with Gasteiger partial charge in [-0.25, -0.2) is 13.1 Å². The summed E-state index contributed by atoms with van der Waals surface area (Å²) in [6.45, 7) is 1.83. The monoisotopic (exact) mass is 443 g/mol. The molecule has 1 N–H and O–H groups in total. The molecule has 2 heterocycles. The molecule has 4 rings (SSSR count). The van der Waals surface area contributed by atoms with Crippen LogP contribution in [-0.2, 0) is 10.0 Å². The summed E-state index contributed by atoms with van der Waals surface area (Å²) in [7, 11) is -3.70. The normalized spacial score (nSPS) is 11.7. The summed E-state index contributed by atoms with van der Waals surface area (Å²) >= 11 is 6.02. The Labute approximate surface area is 178 Å². The number of ether oxygens (including phenoxy) is 1. The average molecular weight is 444 g/mol. The van der Waals surface area contributed by atoms with E-state index >= 15 is 0 Å². The van der Waals surface area contributed by atoms with Crippen molar-refractivity contribution in [3.05, 3.63) is 71.2 Å². The molecule has 0 amide bonds. The van der Waals surface area contributed by atoms with Gasteiger partial charge in [0.25, 0.3) is 0 Å². The fourth-order valence-electron chi connectivity index (χ4n) is 2.90. The Morgan fingerprint density at radius 3 is 2.63 bits per heavy atom. The van der Waals surface area contributed by atoms with E-state index in [1.807, 2.05) is 30.3 Å². The van der Waals surface area contributed by atoms with Crippen LogP contribution in [0.4, 0.5) is 0 Å². The standard InChI is InChI=1S/C20H18ClN5O3S/c1-14-16(21)8-5-9-17(14)30(27,28)22-12-13-29-19-11-10-18-23-24-20(26(18)25-19)15-6-3-2-4-7-15/h2-11,22H,12-13H2,1H3. The van der Waals surface area contributed by atoms with Crippen molar-refractivity contribution < 1.29 is 13.2 Å². The third-order valence-electron chi connectivity index (χ3n) is 4.42. The van der Waals surface area contributed by atoms with Crippen molar-refractivity contribution in [3.63, 3.8) is 0 Å². The molecule has 0 radical (unpaired) electrons. The van der Waals surface area contributed by atoms with Crippen LogP contribution < -0.4 is 9.46 Å². The number of benzene rings is 2. The molecule has 30 heavy (non-hydrogen) atoms. The van der Waals surface area contributed by atoms with Gasteiger partial charge in [0.2, 0.25) is 15.9 Å². The molecule has 0 aliphatic rings. The Kier molecular flexibility index (Phi) is 5.67. The zero-order chi connectivity index (χ0) is 21.1. The van der Waals surface area contributed by atoms with Gasteiger partial charge in [-0.2, -0.15) is 4.52 Å². The highest BCUT2D eigenvalue weighted by Gasteiger charge is 2.17. The first-order valence-electron chi connectivity index (χ1n) is 9.11. The first-order valence-corrected chi connectivity index (χ1v) is 11.0. The third kappa shape index (κ3) is 4.13. The summed E-state index contributed by atoms with van der Waals surface area (Å²) in [5.74, 6) is 0.922. The Balaban J connectivity index is 1.44. The molecule has 0 saturated carbocycles. The summed E-state index contributed by atoms with van der Waals surface area (Å²) in [5.41, 5.74) is 1.96. The SMILES string of the molecule is Cc1c(Cl)cccc1S(=O)(=O)NCCOc1ccc2nnc(-c3ccccc3)n2n1. The lowest BCUT2D eigenvalue weighted by Gasteiger charge is -2.11. The number of aromatic nitrogens is 4. The highest BCUT2D eigenvalue weighted by molar-refractivity contribution is 7.89. The van der Waals surface area contributed by atoms with Crippen molar-refractivity contribution in [1.29, 1.82) is 0 Å². The largest absolute Gasteiger partial charge is 0.475 e. The van der Waals surface area contributed by atoms with E-state index in [4.69, 9.17) is 16.3 Å². The predicted molar refractivity (Wildman–Crippen MR) is 113 cm³/mol. The zero-order valence-electron chi connectivity index (χ0n) is 16.0. The minimum atomic E-state index is -3.70. The van der Waals surface area contributed by atoms with E-state index in [1.54, 1.807) is 35.7 Å². The van der Waals surface area contributed by atoms with E-state index < -0.39 is 10.0 Å². The number of rotatable bonds is 7. The molecule has 0 fully saturated rings. The van der Waals surface area contributed by atoms with Crippen LogP contribution in [0.5, 0.6) is 5.88 Å². The molecule has 2 aromatic heterocycles. The van der Waals surface area contributed by atoms with Crippen LogP contribution in [0.2, 0.25) is 5.02 Å². The van der Waals surface area contributed by atoms with Gasteiger partial charge >= 0.3 is 0 Å². The Morgan fingerprint density at radius 1 is 1.03 bits per heavy atom. The topological polar surface area (TPSA) is 98.5 Å². The average Bonchev–Trinajstić information content (AvgIpc) is 3.17. The second-order valence-electron chi connectivity index (χ2n) is 6.44. The zero-order valence-corrected chi connectivity index (χ0v) is 17.6. The predicted octanol–water partition coefficient (Wildman–Crippen LogP) is 3.11. The van der Waals surface area contributed by atoms with Crippen LogP contribution in [0.15, 0.2) is 65.6 Å². The molecular formula is C20H18ClN5O3S. The molecule has 0 unspecified atom stereocenters. The van der Waals surface area contributed by atoms with Crippen LogP contribution in [-0.4, -0.2) is 41.4 Å². The molecule has 10 heteroatoms. The van der Waals surface area contributed by atoms with Crippen LogP contribution in [0.25, 0.3) is 17.0 Å². The molecule has 0 spiro atoms. The molecule has 0 atom stereocenters. The minimum Gasteiger partial charge on any atom is -0.475 e. The number of fused-ring (bicyclic) bond motifs is 1. The van der Waals surface area contributed by atoms with E-state index in [0.29, 0.717) is 27.9 Å². The summed E-state index contributed by atoms with van der Waals surface area (Å²) < 4.78 is 34.7. The van der Waals surface area contributed by atoms with Crippen molar-refractivity contribution in [3.8, 4) is 17.3 Å². The highest BCUT2D eigenvalue weighted by Crippen LogP contribution is 2.22. The lowest BCUT2D eigenvalue weighted by Crippen LogP contribution is -2.29. The molecule has 8 nitrogen and oxygen atoms in total. The molecule has 2 aromatic carbocycles. The fraction of sp³-hybridized carbons (Fsp3) is 0.150. The van der Waals surface area contributed by atoms with Gasteiger partial charge in [0, 0.05) is 23.2 Å². The lowest BCUT2D eigenvalue weighted by molar-refractivity contribution is 0.306. The van der Waals surface area contributed by atoms with E-state index in [0.717, 1.165) is 5.56 Å². The summed E-state index contributed by atoms with van der Waals surface area (Å²) in [5, 5.41) is 13.1. The van der Waals surface area contributed by atoms with E-state index in [2.05, 4.69) is 20.0 Å². The van der Waals surface area contributed by atoms with Gasteiger partial charge in [0.1, 0.15) is 6.61 Å². The third-order valence-corrected chi connectivity index (χ3v) is 6.44. The van der Waals surface area contributed by atoms with Gasteiger partial charge in [-0.15, -0.1) is 15.3 Å². The van der Waals surface area contributed by atoms with Crippen molar-refractivity contribution >= 4 is 27.3 Å². The van der Waals surface area contributed by atoms with Gasteiger partial charge < -0.3 is 4.74 Å². The van der Waals surface area contributed by atoms with E-state index in [-0.39, 0.29) is 18.0 Å². The fourth-order valence-corrected chi connectivity index (χ4v) is 4.41. The quantitative estimate of drug-likeness (QED) is 0.441. The number of halogens is 1. The lowest BCUT2D eigenvalue weighted by atomic mass is 10.2. The van der Waals surface area contributed by atoms with Crippen molar-refractivity contribution in [2.24, 2.45) is 0 Å². The summed E-state index contributed by atoms with van der Waals surface area (Å²) in [6.07, 6.45) is 0. The van der Waals surface area contributed by atoms with Crippen LogP contribution >= 0.6 is 11.6 Å². The van der Waals surface area contributed by atoms with Gasteiger partial charge in [-0.3, -0.25) is 0 Å². The van der Waals surface area contributed by atoms with Crippen molar-refractivity contribution in [1.82, 2.24) is 24.5 Å². The van der Waals surface area contributed by atoms with Crippen molar-refractivity contribution in [2.45, 2.75) is 11.8 Å². The maximum atomic E-state index is 12.5. The number of nitrogens with one attached hydrogen (secondary N) is 1. The molecule has 0 bridgehead atoms. The number of nitrogens with zero attached hydrogens (tertiary/aromatic N) is 4. The molecule has 0 saturated heterocycles. The van der Waals surface area contributed by atoms with E-state index in [9.17, 15) is 8.42 Å². The molecular weight excluding hydrogens is 426 g/mol. The second-order valence-corrected chi connectivity index (χ2v) is 8.58. The van der Waals surface area contributed by atoms with E-state index in [1.165, 1.54) is 6.07 Å². The van der Waals surface area contributed by atoms with Crippen LogP contribution in [0.1, 0.15) is 5.56 Å².